The first-order valence-corrected chi connectivity index (χ1v) is 8.19. The summed E-state index contributed by atoms with van der Waals surface area (Å²) < 4.78 is 12.0. The topological polar surface area (TPSA) is 46.2 Å². The molecular weight excluding hydrogens is 258 g/mol. The molecule has 4 heteroatoms. The largest absolute Gasteiger partial charge is 0.355 e. The highest BCUT2D eigenvalue weighted by Gasteiger charge is 2.09. The van der Waals surface area contributed by atoms with E-state index in [0.29, 0.717) is 12.3 Å². The molecule has 0 fully saturated rings. The second-order valence-electron chi connectivity index (χ2n) is 4.86. The predicted molar refractivity (Wildman–Crippen MR) is 80.5 cm³/mol. The lowest BCUT2D eigenvalue weighted by Gasteiger charge is -2.08. The molecule has 0 bridgehead atoms. The molecule has 106 valence electrons. The van der Waals surface area contributed by atoms with Crippen LogP contribution in [0.25, 0.3) is 0 Å². The Morgan fingerprint density at radius 1 is 1.32 bits per heavy atom. The molecule has 0 spiro atoms. The highest BCUT2D eigenvalue weighted by Crippen LogP contribution is 2.12. The average molecular weight is 281 g/mol. The quantitative estimate of drug-likeness (QED) is 0.780. The van der Waals surface area contributed by atoms with E-state index in [1.807, 2.05) is 32.0 Å². The van der Waals surface area contributed by atoms with E-state index in [1.165, 1.54) is 0 Å². The van der Waals surface area contributed by atoms with Crippen LogP contribution in [0.1, 0.15) is 36.5 Å². The number of nitrogens with one attached hydrogen (secondary N) is 1. The van der Waals surface area contributed by atoms with Crippen molar-refractivity contribution in [3.8, 4) is 0 Å². The van der Waals surface area contributed by atoms with E-state index < -0.39 is 10.8 Å². The summed E-state index contributed by atoms with van der Waals surface area (Å²) in [4.78, 5) is 11.6. The van der Waals surface area contributed by atoms with Gasteiger partial charge in [-0.1, -0.05) is 37.1 Å². The van der Waals surface area contributed by atoms with E-state index in [2.05, 4.69) is 12.2 Å². The van der Waals surface area contributed by atoms with E-state index >= 15 is 0 Å². The van der Waals surface area contributed by atoms with E-state index in [-0.39, 0.29) is 11.7 Å². The maximum Gasteiger partial charge on any atom is 0.232 e. The Balaban J connectivity index is 2.46. The van der Waals surface area contributed by atoms with Gasteiger partial charge >= 0.3 is 0 Å². The molecule has 0 radical (unpaired) electrons. The smallest absolute Gasteiger partial charge is 0.232 e. The van der Waals surface area contributed by atoms with Gasteiger partial charge in [0.15, 0.2) is 0 Å². The van der Waals surface area contributed by atoms with Crippen molar-refractivity contribution in [3.63, 3.8) is 0 Å². The molecule has 1 atom stereocenters. The lowest BCUT2D eigenvalue weighted by atomic mass is 10.1. The van der Waals surface area contributed by atoms with Crippen molar-refractivity contribution in [2.24, 2.45) is 0 Å². The molecule has 19 heavy (non-hydrogen) atoms. The van der Waals surface area contributed by atoms with Crippen LogP contribution in [0, 0.1) is 13.8 Å². The van der Waals surface area contributed by atoms with Crippen LogP contribution in [0.3, 0.4) is 0 Å². The summed E-state index contributed by atoms with van der Waals surface area (Å²) in [7, 11) is -1.14. The fourth-order valence-corrected chi connectivity index (χ4v) is 2.94. The monoisotopic (exact) mass is 281 g/mol. The Hall–Kier alpha value is -1.16. The summed E-state index contributed by atoms with van der Waals surface area (Å²) in [5.41, 5.74) is 3.36. The van der Waals surface area contributed by atoms with Gasteiger partial charge in [0.25, 0.3) is 0 Å². The summed E-state index contributed by atoms with van der Waals surface area (Å²) in [5.74, 6) is 0.434. The number of amides is 1. The lowest BCUT2D eigenvalue weighted by Crippen LogP contribution is -2.29. The first-order valence-electron chi connectivity index (χ1n) is 6.70. The molecule has 0 aliphatic carbocycles. The van der Waals surface area contributed by atoms with Crippen molar-refractivity contribution in [2.45, 2.75) is 39.4 Å². The minimum absolute atomic E-state index is 0.0943. The molecule has 1 rings (SSSR count). The zero-order valence-corrected chi connectivity index (χ0v) is 12.8. The Morgan fingerprint density at radius 2 is 2.05 bits per heavy atom. The first kappa shape index (κ1) is 15.9. The summed E-state index contributed by atoms with van der Waals surface area (Å²) in [6, 6.07) is 6.12. The van der Waals surface area contributed by atoms with Crippen LogP contribution in [0.2, 0.25) is 0 Å². The molecule has 1 amide bonds. The van der Waals surface area contributed by atoms with Crippen LogP contribution in [-0.4, -0.2) is 22.4 Å². The van der Waals surface area contributed by atoms with Crippen molar-refractivity contribution >= 4 is 16.7 Å². The van der Waals surface area contributed by atoms with Crippen molar-refractivity contribution in [1.29, 1.82) is 0 Å². The fraction of sp³-hybridized carbons (Fsp3) is 0.533. The molecule has 0 aromatic heterocycles. The molecule has 1 aromatic rings. The minimum Gasteiger partial charge on any atom is -0.355 e. The fourth-order valence-electron chi connectivity index (χ4n) is 1.78. The Bertz CT molecular complexity index is 457. The number of aryl methyl sites for hydroxylation is 2. The van der Waals surface area contributed by atoms with Crippen molar-refractivity contribution in [3.05, 3.63) is 34.9 Å². The number of hydrogen-bond acceptors (Lipinski definition) is 2. The van der Waals surface area contributed by atoms with E-state index in [4.69, 9.17) is 0 Å². The standard InChI is InChI=1S/C15H23NO2S/c1-4-5-8-16-15(17)11-19(18)10-14-9-12(2)6-7-13(14)3/h6-7,9H,4-5,8,10-11H2,1-3H3,(H,16,17)/t19-/m1/s1. The van der Waals surface area contributed by atoms with E-state index in [0.717, 1.165) is 29.5 Å². The first-order chi connectivity index (χ1) is 9.02. The highest BCUT2D eigenvalue weighted by molar-refractivity contribution is 7.84. The molecule has 0 saturated heterocycles. The number of carbonyl (C=O) groups excluding carboxylic acids is 1. The second kappa shape index (κ2) is 8.10. The molecule has 3 nitrogen and oxygen atoms in total. The van der Waals surface area contributed by atoms with Gasteiger partial charge in [0.05, 0.1) is 0 Å². The molecule has 1 N–H and O–H groups in total. The number of rotatable bonds is 7. The third kappa shape index (κ3) is 6.01. The number of unbranched alkanes of at least 4 members (excludes halogenated alkanes) is 1. The SMILES string of the molecule is CCCCNC(=O)C[S@](=O)Cc1cc(C)ccc1C. The van der Waals surface area contributed by atoms with Gasteiger partial charge in [0.2, 0.25) is 5.91 Å². The van der Waals surface area contributed by atoms with Crippen molar-refractivity contribution < 1.29 is 9.00 Å². The van der Waals surface area contributed by atoms with Crippen molar-refractivity contribution in [1.82, 2.24) is 5.32 Å². The van der Waals surface area contributed by atoms with Gasteiger partial charge in [0, 0.05) is 23.1 Å². The van der Waals surface area contributed by atoms with Gasteiger partial charge < -0.3 is 5.32 Å². The van der Waals surface area contributed by atoms with Crippen LogP contribution in [0.5, 0.6) is 0 Å². The molecule has 0 aliphatic rings. The van der Waals surface area contributed by atoms with Crippen LogP contribution >= 0.6 is 0 Å². The van der Waals surface area contributed by atoms with E-state index in [9.17, 15) is 9.00 Å². The molecule has 0 heterocycles. The molecule has 0 unspecified atom stereocenters. The number of hydrogen-bond donors (Lipinski definition) is 1. The highest BCUT2D eigenvalue weighted by atomic mass is 32.2. The molecule has 1 aromatic carbocycles. The second-order valence-corrected chi connectivity index (χ2v) is 6.32. The number of carbonyl (C=O) groups is 1. The van der Waals surface area contributed by atoms with E-state index in [1.54, 1.807) is 0 Å². The third-order valence-corrected chi connectivity index (χ3v) is 4.18. The summed E-state index contributed by atoms with van der Waals surface area (Å²) >= 11 is 0. The zero-order chi connectivity index (χ0) is 14.3. The Kier molecular flexibility index (Phi) is 6.78. The van der Waals surface area contributed by atoms with Gasteiger partial charge in [-0.15, -0.1) is 0 Å². The number of benzene rings is 1. The lowest BCUT2D eigenvalue weighted by molar-refractivity contribution is -0.118. The van der Waals surface area contributed by atoms with Gasteiger partial charge in [-0.05, 0) is 31.4 Å². The predicted octanol–water partition coefficient (Wildman–Crippen LogP) is 2.47. The summed E-state index contributed by atoms with van der Waals surface area (Å²) in [5, 5.41) is 2.79. The molecule has 0 saturated carbocycles. The summed E-state index contributed by atoms with van der Waals surface area (Å²) in [6.45, 7) is 6.78. The minimum atomic E-state index is -1.14. The normalized spacial score (nSPS) is 12.2. The van der Waals surface area contributed by atoms with Crippen LogP contribution in [0.15, 0.2) is 18.2 Å². The van der Waals surface area contributed by atoms with Gasteiger partial charge in [-0.2, -0.15) is 0 Å². The van der Waals surface area contributed by atoms with Crippen LogP contribution < -0.4 is 5.32 Å². The molecular formula is C15H23NO2S. The third-order valence-electron chi connectivity index (χ3n) is 2.97. The summed E-state index contributed by atoms with van der Waals surface area (Å²) in [6.07, 6.45) is 2.02. The Labute approximate surface area is 118 Å². The van der Waals surface area contributed by atoms with Crippen molar-refractivity contribution in [2.75, 3.05) is 12.3 Å². The van der Waals surface area contributed by atoms with Gasteiger partial charge in [-0.25, -0.2) is 0 Å². The van der Waals surface area contributed by atoms with Crippen LogP contribution in [-0.2, 0) is 21.3 Å². The molecule has 0 aliphatic heterocycles. The Morgan fingerprint density at radius 3 is 2.74 bits per heavy atom. The maximum atomic E-state index is 12.0. The maximum absolute atomic E-state index is 12.0. The average Bonchev–Trinajstić information content (AvgIpc) is 2.34. The van der Waals surface area contributed by atoms with Crippen LogP contribution in [0.4, 0.5) is 0 Å². The van der Waals surface area contributed by atoms with Gasteiger partial charge in [0.1, 0.15) is 5.75 Å². The zero-order valence-electron chi connectivity index (χ0n) is 12.0. The van der Waals surface area contributed by atoms with Gasteiger partial charge in [-0.3, -0.25) is 9.00 Å².